The van der Waals surface area contributed by atoms with Gasteiger partial charge in [-0.05, 0) is 32.6 Å². The summed E-state index contributed by atoms with van der Waals surface area (Å²) in [6, 6.07) is 0. The van der Waals surface area contributed by atoms with Crippen LogP contribution in [-0.4, -0.2) is 17.5 Å². The van der Waals surface area contributed by atoms with Gasteiger partial charge in [0.15, 0.2) is 0 Å². The van der Waals surface area contributed by atoms with Gasteiger partial charge in [-0.2, -0.15) is 0 Å². The second-order valence-corrected chi connectivity index (χ2v) is 6.15. The number of methoxy groups -OCH3 is 1. The Labute approximate surface area is 97.7 Å². The van der Waals surface area contributed by atoms with E-state index in [0.717, 1.165) is 12.3 Å². The molecule has 0 aliphatic carbocycles. The molecule has 0 saturated heterocycles. The highest BCUT2D eigenvalue weighted by Crippen LogP contribution is 2.22. The number of rotatable bonds is 7. The molecule has 0 N–H and O–H groups in total. The van der Waals surface area contributed by atoms with Gasteiger partial charge in [0.2, 0.25) is 0 Å². The van der Waals surface area contributed by atoms with Crippen molar-refractivity contribution in [3.8, 4) is 0 Å². The number of halogens is 1. The summed E-state index contributed by atoms with van der Waals surface area (Å²) >= 11 is 3.71. The van der Waals surface area contributed by atoms with Gasteiger partial charge in [0.25, 0.3) is 0 Å². The SMILES string of the molecule is COC(C)(C)CCCCC(Br)C(C)C. The van der Waals surface area contributed by atoms with Crippen molar-refractivity contribution in [3.63, 3.8) is 0 Å². The first-order chi connectivity index (χ1) is 6.39. The highest BCUT2D eigenvalue weighted by atomic mass is 79.9. The summed E-state index contributed by atoms with van der Waals surface area (Å²) in [5.41, 5.74) is 0.0552. The molecule has 14 heavy (non-hydrogen) atoms. The van der Waals surface area contributed by atoms with Crippen molar-refractivity contribution < 1.29 is 4.74 Å². The van der Waals surface area contributed by atoms with Gasteiger partial charge in [0, 0.05) is 11.9 Å². The van der Waals surface area contributed by atoms with Crippen LogP contribution in [0, 0.1) is 5.92 Å². The molecule has 0 bridgehead atoms. The summed E-state index contributed by atoms with van der Waals surface area (Å²) in [5.74, 6) is 0.741. The van der Waals surface area contributed by atoms with E-state index >= 15 is 0 Å². The maximum Gasteiger partial charge on any atom is 0.0622 e. The lowest BCUT2D eigenvalue weighted by atomic mass is 9.98. The number of unbranched alkanes of at least 4 members (excludes halogenated alkanes) is 1. The van der Waals surface area contributed by atoms with Gasteiger partial charge in [-0.1, -0.05) is 42.6 Å². The molecule has 0 saturated carbocycles. The smallest absolute Gasteiger partial charge is 0.0622 e. The van der Waals surface area contributed by atoms with Crippen molar-refractivity contribution in [3.05, 3.63) is 0 Å². The predicted octanol–water partition coefficient (Wildman–Crippen LogP) is 4.39. The van der Waals surface area contributed by atoms with E-state index in [4.69, 9.17) is 4.74 Å². The van der Waals surface area contributed by atoms with Crippen molar-refractivity contribution in [2.24, 2.45) is 5.92 Å². The van der Waals surface area contributed by atoms with Crippen LogP contribution in [0.2, 0.25) is 0 Å². The van der Waals surface area contributed by atoms with Crippen LogP contribution >= 0.6 is 15.9 Å². The topological polar surface area (TPSA) is 9.23 Å². The Balaban J connectivity index is 3.47. The fraction of sp³-hybridized carbons (Fsp3) is 1.00. The minimum atomic E-state index is 0.0552. The predicted molar refractivity (Wildman–Crippen MR) is 67.1 cm³/mol. The minimum absolute atomic E-state index is 0.0552. The second kappa shape index (κ2) is 6.84. The molecule has 0 fully saturated rings. The number of ether oxygens (including phenoxy) is 1. The third-order valence-corrected chi connectivity index (χ3v) is 4.30. The van der Waals surface area contributed by atoms with E-state index in [9.17, 15) is 0 Å². The summed E-state index contributed by atoms with van der Waals surface area (Å²) in [4.78, 5) is 0.674. The summed E-state index contributed by atoms with van der Waals surface area (Å²) in [6.45, 7) is 8.83. The van der Waals surface area contributed by atoms with Crippen LogP contribution in [0.25, 0.3) is 0 Å². The lowest BCUT2D eigenvalue weighted by Gasteiger charge is -2.23. The molecule has 0 aromatic rings. The Kier molecular flexibility index (Phi) is 7.05. The standard InChI is InChI=1S/C12H25BrO/c1-10(2)11(13)8-6-7-9-12(3,4)14-5/h10-11H,6-9H2,1-5H3. The zero-order valence-electron chi connectivity index (χ0n) is 10.3. The molecule has 0 heterocycles. The molecule has 0 aromatic heterocycles. The number of hydrogen-bond acceptors (Lipinski definition) is 1. The highest BCUT2D eigenvalue weighted by molar-refractivity contribution is 9.09. The van der Waals surface area contributed by atoms with Gasteiger partial charge in [-0.3, -0.25) is 0 Å². The van der Waals surface area contributed by atoms with E-state index < -0.39 is 0 Å². The quantitative estimate of drug-likeness (QED) is 0.490. The minimum Gasteiger partial charge on any atom is -0.379 e. The van der Waals surface area contributed by atoms with Gasteiger partial charge in [-0.15, -0.1) is 0 Å². The molecule has 1 atom stereocenters. The van der Waals surface area contributed by atoms with Crippen molar-refractivity contribution in [2.75, 3.05) is 7.11 Å². The molecule has 86 valence electrons. The highest BCUT2D eigenvalue weighted by Gasteiger charge is 2.16. The van der Waals surface area contributed by atoms with Gasteiger partial charge in [0.1, 0.15) is 0 Å². The average molecular weight is 265 g/mol. The molecular formula is C12H25BrO. The third-order valence-electron chi connectivity index (χ3n) is 2.78. The molecular weight excluding hydrogens is 240 g/mol. The fourth-order valence-electron chi connectivity index (χ4n) is 1.33. The summed E-state index contributed by atoms with van der Waals surface area (Å²) < 4.78 is 5.38. The van der Waals surface area contributed by atoms with Crippen molar-refractivity contribution in [1.82, 2.24) is 0 Å². The first-order valence-electron chi connectivity index (χ1n) is 5.58. The van der Waals surface area contributed by atoms with Crippen LogP contribution in [0.1, 0.15) is 53.4 Å². The van der Waals surface area contributed by atoms with Crippen molar-refractivity contribution in [2.45, 2.75) is 63.8 Å². The molecule has 0 aromatic carbocycles. The Morgan fingerprint density at radius 2 is 1.79 bits per heavy atom. The molecule has 0 spiro atoms. The van der Waals surface area contributed by atoms with Crippen LogP contribution in [-0.2, 0) is 4.74 Å². The number of hydrogen-bond donors (Lipinski definition) is 0. The molecule has 1 nitrogen and oxygen atoms in total. The monoisotopic (exact) mass is 264 g/mol. The lowest BCUT2D eigenvalue weighted by Crippen LogP contribution is -2.22. The molecule has 0 amide bonds. The average Bonchev–Trinajstić information content (AvgIpc) is 2.12. The van der Waals surface area contributed by atoms with E-state index in [-0.39, 0.29) is 5.60 Å². The maximum atomic E-state index is 5.38. The Hall–Kier alpha value is 0.440. The van der Waals surface area contributed by atoms with E-state index in [1.165, 1.54) is 19.3 Å². The first kappa shape index (κ1) is 14.4. The van der Waals surface area contributed by atoms with E-state index in [2.05, 4.69) is 43.6 Å². The zero-order valence-corrected chi connectivity index (χ0v) is 11.9. The molecule has 2 heteroatoms. The summed E-state index contributed by atoms with van der Waals surface area (Å²) in [7, 11) is 1.79. The maximum absolute atomic E-state index is 5.38. The molecule has 0 aliphatic heterocycles. The summed E-state index contributed by atoms with van der Waals surface area (Å²) in [6.07, 6.45) is 4.98. The van der Waals surface area contributed by atoms with E-state index in [1.54, 1.807) is 7.11 Å². The number of alkyl halides is 1. The molecule has 0 aliphatic rings. The Bertz CT molecular complexity index is 143. The largest absolute Gasteiger partial charge is 0.379 e. The van der Waals surface area contributed by atoms with Gasteiger partial charge >= 0.3 is 0 Å². The van der Waals surface area contributed by atoms with E-state index in [0.29, 0.717) is 4.83 Å². The normalized spacial score (nSPS) is 14.8. The van der Waals surface area contributed by atoms with Crippen LogP contribution in [0.5, 0.6) is 0 Å². The van der Waals surface area contributed by atoms with E-state index in [1.807, 2.05) is 0 Å². The zero-order chi connectivity index (χ0) is 11.2. The lowest BCUT2D eigenvalue weighted by molar-refractivity contribution is 0.0134. The van der Waals surface area contributed by atoms with Crippen molar-refractivity contribution in [1.29, 1.82) is 0 Å². The van der Waals surface area contributed by atoms with Gasteiger partial charge in [0.05, 0.1) is 5.60 Å². The molecule has 0 rings (SSSR count). The van der Waals surface area contributed by atoms with Crippen LogP contribution < -0.4 is 0 Å². The van der Waals surface area contributed by atoms with Crippen LogP contribution in [0.4, 0.5) is 0 Å². The Morgan fingerprint density at radius 1 is 1.21 bits per heavy atom. The summed E-state index contributed by atoms with van der Waals surface area (Å²) in [5, 5.41) is 0. The van der Waals surface area contributed by atoms with Gasteiger partial charge < -0.3 is 4.74 Å². The Morgan fingerprint density at radius 3 is 2.21 bits per heavy atom. The molecule has 1 unspecified atom stereocenters. The second-order valence-electron chi connectivity index (χ2n) is 4.97. The van der Waals surface area contributed by atoms with Crippen LogP contribution in [0.3, 0.4) is 0 Å². The fourth-order valence-corrected chi connectivity index (χ4v) is 1.65. The molecule has 0 radical (unpaired) electrons. The van der Waals surface area contributed by atoms with Crippen molar-refractivity contribution >= 4 is 15.9 Å². The van der Waals surface area contributed by atoms with Crippen LogP contribution in [0.15, 0.2) is 0 Å². The third kappa shape index (κ3) is 6.83. The van der Waals surface area contributed by atoms with Gasteiger partial charge in [-0.25, -0.2) is 0 Å². The first-order valence-corrected chi connectivity index (χ1v) is 6.50.